The van der Waals surface area contributed by atoms with Crippen molar-refractivity contribution in [3.05, 3.63) is 68.8 Å². The SMILES string of the molecule is Cc1ccc(NC(=O)CN2C(=O)S/C(=C/c3c(F)cccc3Cl)C2=O)cc1C. The number of carbonyl (C=O) groups is 3. The van der Waals surface area contributed by atoms with Crippen molar-refractivity contribution in [3.63, 3.8) is 0 Å². The minimum atomic E-state index is -0.662. The molecule has 0 radical (unpaired) electrons. The third-order valence-electron chi connectivity index (χ3n) is 4.24. The van der Waals surface area contributed by atoms with E-state index in [9.17, 15) is 18.8 Å². The number of amides is 3. The van der Waals surface area contributed by atoms with E-state index >= 15 is 0 Å². The number of benzene rings is 2. The van der Waals surface area contributed by atoms with E-state index < -0.39 is 29.4 Å². The predicted molar refractivity (Wildman–Crippen MR) is 109 cm³/mol. The number of thioether (sulfide) groups is 1. The number of anilines is 1. The third kappa shape index (κ3) is 4.26. The summed E-state index contributed by atoms with van der Waals surface area (Å²) in [6.45, 7) is 3.44. The van der Waals surface area contributed by atoms with Gasteiger partial charge in [0.05, 0.1) is 9.93 Å². The Bertz CT molecular complexity index is 1000. The van der Waals surface area contributed by atoms with Gasteiger partial charge in [0.2, 0.25) is 5.91 Å². The summed E-state index contributed by atoms with van der Waals surface area (Å²) in [5.74, 6) is -1.77. The number of halogens is 2. The Hall–Kier alpha value is -2.64. The highest BCUT2D eigenvalue weighted by Gasteiger charge is 2.36. The van der Waals surface area contributed by atoms with Gasteiger partial charge in [0.25, 0.3) is 11.1 Å². The second kappa shape index (κ2) is 8.16. The zero-order valence-electron chi connectivity index (χ0n) is 15.1. The lowest BCUT2D eigenvalue weighted by atomic mass is 10.1. The molecule has 0 atom stereocenters. The number of aryl methyl sites for hydroxylation is 2. The van der Waals surface area contributed by atoms with E-state index in [1.807, 2.05) is 19.9 Å². The standard InChI is InChI=1S/C20H16ClFN2O3S/c1-11-6-7-13(8-12(11)2)23-18(25)10-24-19(26)17(28-20(24)27)9-14-15(21)4-3-5-16(14)22/h3-9H,10H2,1-2H3,(H,23,25)/b17-9+. The molecular formula is C20H16ClFN2O3S. The first kappa shape index (κ1) is 20.1. The van der Waals surface area contributed by atoms with Crippen LogP contribution in [0.25, 0.3) is 6.08 Å². The zero-order chi connectivity index (χ0) is 20.4. The summed E-state index contributed by atoms with van der Waals surface area (Å²) >= 11 is 6.60. The average molecular weight is 419 g/mol. The molecule has 2 aromatic carbocycles. The molecular weight excluding hydrogens is 403 g/mol. The Morgan fingerprint density at radius 1 is 1.21 bits per heavy atom. The van der Waals surface area contributed by atoms with Crippen molar-refractivity contribution in [2.24, 2.45) is 0 Å². The molecule has 1 saturated heterocycles. The van der Waals surface area contributed by atoms with Crippen LogP contribution in [0.15, 0.2) is 41.3 Å². The molecule has 0 aromatic heterocycles. The first-order valence-corrected chi connectivity index (χ1v) is 9.52. The number of nitrogens with one attached hydrogen (secondary N) is 1. The molecule has 1 fully saturated rings. The van der Waals surface area contributed by atoms with Crippen LogP contribution in [0.4, 0.5) is 14.9 Å². The van der Waals surface area contributed by atoms with E-state index in [0.29, 0.717) is 17.4 Å². The summed E-state index contributed by atoms with van der Waals surface area (Å²) in [6.07, 6.45) is 1.23. The van der Waals surface area contributed by atoms with Gasteiger partial charge >= 0.3 is 0 Å². The van der Waals surface area contributed by atoms with Crippen LogP contribution in [0.5, 0.6) is 0 Å². The summed E-state index contributed by atoms with van der Waals surface area (Å²) in [5.41, 5.74) is 2.69. The quantitative estimate of drug-likeness (QED) is 0.726. The molecule has 3 rings (SSSR count). The van der Waals surface area contributed by atoms with E-state index in [2.05, 4.69) is 5.32 Å². The zero-order valence-corrected chi connectivity index (χ0v) is 16.7. The highest BCUT2D eigenvalue weighted by Crippen LogP contribution is 2.34. The van der Waals surface area contributed by atoms with Crippen LogP contribution >= 0.6 is 23.4 Å². The van der Waals surface area contributed by atoms with Gasteiger partial charge in [-0.15, -0.1) is 0 Å². The fourth-order valence-electron chi connectivity index (χ4n) is 2.58. The van der Waals surface area contributed by atoms with Gasteiger partial charge in [-0.05, 0) is 67.1 Å². The van der Waals surface area contributed by atoms with Crippen LogP contribution < -0.4 is 5.32 Å². The summed E-state index contributed by atoms with van der Waals surface area (Å²) in [4.78, 5) is 37.8. The van der Waals surface area contributed by atoms with Gasteiger partial charge < -0.3 is 5.32 Å². The third-order valence-corrected chi connectivity index (χ3v) is 5.48. The Morgan fingerprint density at radius 3 is 2.64 bits per heavy atom. The second-order valence-corrected chi connectivity index (χ2v) is 7.65. The van der Waals surface area contributed by atoms with E-state index in [1.54, 1.807) is 12.1 Å². The molecule has 1 aliphatic rings. The Kier molecular flexibility index (Phi) is 5.86. The van der Waals surface area contributed by atoms with Crippen LogP contribution in [-0.2, 0) is 9.59 Å². The van der Waals surface area contributed by atoms with Gasteiger partial charge in [0.1, 0.15) is 12.4 Å². The smallest absolute Gasteiger partial charge is 0.294 e. The molecule has 0 saturated carbocycles. The van der Waals surface area contributed by atoms with Gasteiger partial charge in [-0.3, -0.25) is 19.3 Å². The van der Waals surface area contributed by atoms with Crippen molar-refractivity contribution in [2.75, 3.05) is 11.9 Å². The fourth-order valence-corrected chi connectivity index (χ4v) is 3.62. The Labute approximate surface area is 170 Å². The molecule has 3 amide bonds. The van der Waals surface area contributed by atoms with Gasteiger partial charge in [0, 0.05) is 11.3 Å². The lowest BCUT2D eigenvalue weighted by molar-refractivity contribution is -0.127. The van der Waals surface area contributed by atoms with Crippen molar-refractivity contribution < 1.29 is 18.8 Å². The topological polar surface area (TPSA) is 66.5 Å². The van der Waals surface area contributed by atoms with E-state index in [4.69, 9.17) is 11.6 Å². The van der Waals surface area contributed by atoms with Crippen LogP contribution in [0, 0.1) is 19.7 Å². The molecule has 8 heteroatoms. The van der Waals surface area contributed by atoms with Gasteiger partial charge in [-0.1, -0.05) is 23.7 Å². The number of nitrogens with zero attached hydrogens (tertiary/aromatic N) is 1. The Balaban J connectivity index is 1.74. The molecule has 28 heavy (non-hydrogen) atoms. The number of rotatable bonds is 4. The molecule has 1 aliphatic heterocycles. The van der Waals surface area contributed by atoms with Gasteiger partial charge in [-0.2, -0.15) is 0 Å². The van der Waals surface area contributed by atoms with Crippen LogP contribution in [0.1, 0.15) is 16.7 Å². The maximum Gasteiger partial charge on any atom is 0.294 e. The van der Waals surface area contributed by atoms with Crippen molar-refractivity contribution in [1.82, 2.24) is 4.90 Å². The molecule has 1 N–H and O–H groups in total. The van der Waals surface area contributed by atoms with E-state index in [-0.39, 0.29) is 15.5 Å². The largest absolute Gasteiger partial charge is 0.325 e. The average Bonchev–Trinajstić information content (AvgIpc) is 2.89. The molecule has 0 bridgehead atoms. The van der Waals surface area contributed by atoms with E-state index in [1.165, 1.54) is 24.3 Å². The summed E-state index contributed by atoms with van der Waals surface area (Å²) in [7, 11) is 0. The molecule has 144 valence electrons. The number of imide groups is 1. The summed E-state index contributed by atoms with van der Waals surface area (Å²) in [5, 5.41) is 2.19. The first-order valence-electron chi connectivity index (χ1n) is 8.32. The minimum absolute atomic E-state index is 0.0102. The lowest BCUT2D eigenvalue weighted by Crippen LogP contribution is -2.36. The van der Waals surface area contributed by atoms with Gasteiger partial charge in [0.15, 0.2) is 0 Å². The molecule has 0 unspecified atom stereocenters. The highest BCUT2D eigenvalue weighted by atomic mass is 35.5. The van der Waals surface area contributed by atoms with Crippen molar-refractivity contribution in [3.8, 4) is 0 Å². The molecule has 1 heterocycles. The van der Waals surface area contributed by atoms with Crippen molar-refractivity contribution in [2.45, 2.75) is 13.8 Å². The van der Waals surface area contributed by atoms with Crippen LogP contribution in [-0.4, -0.2) is 28.5 Å². The summed E-state index contributed by atoms with van der Waals surface area (Å²) in [6, 6.07) is 9.55. The highest BCUT2D eigenvalue weighted by molar-refractivity contribution is 8.18. The molecule has 2 aromatic rings. The maximum atomic E-state index is 13.9. The van der Waals surface area contributed by atoms with E-state index in [0.717, 1.165) is 16.0 Å². The minimum Gasteiger partial charge on any atom is -0.325 e. The molecule has 5 nitrogen and oxygen atoms in total. The maximum absolute atomic E-state index is 13.9. The van der Waals surface area contributed by atoms with Gasteiger partial charge in [-0.25, -0.2) is 4.39 Å². The number of hydrogen-bond acceptors (Lipinski definition) is 4. The van der Waals surface area contributed by atoms with Crippen LogP contribution in [0.2, 0.25) is 5.02 Å². The van der Waals surface area contributed by atoms with Crippen molar-refractivity contribution in [1.29, 1.82) is 0 Å². The monoisotopic (exact) mass is 418 g/mol. The lowest BCUT2D eigenvalue weighted by Gasteiger charge is -2.13. The summed E-state index contributed by atoms with van der Waals surface area (Å²) < 4.78 is 13.9. The predicted octanol–water partition coefficient (Wildman–Crippen LogP) is 4.77. The Morgan fingerprint density at radius 2 is 1.96 bits per heavy atom. The number of carbonyl (C=O) groups excluding carboxylic acids is 3. The molecule has 0 spiro atoms. The first-order chi connectivity index (χ1) is 13.3. The van der Waals surface area contributed by atoms with Crippen LogP contribution in [0.3, 0.4) is 0 Å². The normalized spacial score (nSPS) is 15.4. The molecule has 0 aliphatic carbocycles. The fraction of sp³-hybridized carbons (Fsp3) is 0.150. The second-order valence-electron chi connectivity index (χ2n) is 6.25. The number of hydrogen-bond donors (Lipinski definition) is 1. The van der Waals surface area contributed by atoms with Crippen molar-refractivity contribution >= 4 is 52.2 Å².